The fourth-order valence-corrected chi connectivity index (χ4v) is 4.16. The number of carbonyl (C=O) groups excluding carboxylic acids is 2. The molecule has 6 nitrogen and oxygen atoms in total. The van der Waals surface area contributed by atoms with Crippen LogP contribution in [0.1, 0.15) is 20.7 Å². The van der Waals surface area contributed by atoms with Crippen LogP contribution in [0.15, 0.2) is 77.8 Å². The predicted octanol–water partition coefficient (Wildman–Crippen LogP) is 4.66. The Morgan fingerprint density at radius 3 is 2.38 bits per heavy atom. The number of benzene rings is 3. The summed E-state index contributed by atoms with van der Waals surface area (Å²) in [6.07, 6.45) is 5.52. The van der Waals surface area contributed by atoms with E-state index >= 15 is 0 Å². The molecular weight excluding hydrogens is 424 g/mol. The Morgan fingerprint density at radius 1 is 1.00 bits per heavy atom. The van der Waals surface area contributed by atoms with Crippen molar-refractivity contribution in [1.82, 2.24) is 4.57 Å². The monoisotopic (exact) mass is 442 g/mol. The zero-order valence-corrected chi connectivity index (χ0v) is 18.0. The van der Waals surface area contributed by atoms with Gasteiger partial charge in [-0.05, 0) is 54.6 Å². The molecule has 0 N–H and O–H groups in total. The number of hydrogen-bond donors (Lipinski definition) is 0. The molecule has 0 radical (unpaired) electrons. The lowest BCUT2D eigenvalue weighted by Crippen LogP contribution is -2.16. The summed E-state index contributed by atoms with van der Waals surface area (Å²) >= 11 is 1.28. The maximum Gasteiger partial charge on any atom is 0.337 e. The molecule has 4 rings (SSSR count). The number of fused-ring (bicyclic) bond motifs is 1. The number of aromatic nitrogens is 1. The molecule has 0 saturated heterocycles. The van der Waals surface area contributed by atoms with E-state index in [9.17, 15) is 9.59 Å². The highest BCUT2D eigenvalue weighted by Gasteiger charge is 2.12. The van der Waals surface area contributed by atoms with Gasteiger partial charge in [-0.3, -0.25) is 4.79 Å². The Morgan fingerprint density at radius 2 is 1.69 bits per heavy atom. The van der Waals surface area contributed by atoms with E-state index in [4.69, 9.17) is 15.9 Å². The Bertz CT molecular complexity index is 1390. The second-order valence-electron chi connectivity index (χ2n) is 6.71. The molecule has 4 aromatic rings. The first-order valence-electron chi connectivity index (χ1n) is 9.66. The Kier molecular flexibility index (Phi) is 6.15. The maximum atomic E-state index is 12.8. The third kappa shape index (κ3) is 4.46. The number of para-hydroxylation sites is 1. The van der Waals surface area contributed by atoms with E-state index in [0.29, 0.717) is 27.4 Å². The molecule has 158 valence electrons. The molecule has 0 spiro atoms. The first kappa shape index (κ1) is 21.1. The molecule has 0 aliphatic rings. The minimum Gasteiger partial charge on any atom is -0.465 e. The minimum atomic E-state index is -0.434. The van der Waals surface area contributed by atoms with Crippen LogP contribution in [0.3, 0.4) is 0 Å². The normalized spacial score (nSPS) is 11.2. The van der Waals surface area contributed by atoms with E-state index in [1.54, 1.807) is 47.0 Å². The topological polar surface area (TPSA) is 69.9 Å². The molecule has 1 amide bonds. The van der Waals surface area contributed by atoms with Crippen LogP contribution in [0.5, 0.6) is 11.5 Å². The first-order chi connectivity index (χ1) is 15.6. The zero-order chi connectivity index (χ0) is 22.5. The molecular formula is C25H18N2O4S. The smallest absolute Gasteiger partial charge is 0.337 e. The number of rotatable bonds is 5. The molecule has 1 heterocycles. The average molecular weight is 442 g/mol. The van der Waals surface area contributed by atoms with E-state index in [0.717, 1.165) is 10.2 Å². The lowest BCUT2D eigenvalue weighted by molar-refractivity contribution is 0.0600. The standard InChI is InChI=1S/C25H18N2O4S/c1-3-15-27-21-14-11-18(24(29)30-2)16-22(21)32-25(27)26-23(28)17-9-12-20(13-10-17)31-19-7-5-4-6-8-19/h1,4-14,16H,15H2,2H3. The van der Waals surface area contributed by atoms with Gasteiger partial charge in [0.05, 0.1) is 29.4 Å². The molecule has 32 heavy (non-hydrogen) atoms. The molecule has 0 aliphatic heterocycles. The quantitative estimate of drug-likeness (QED) is 0.333. The van der Waals surface area contributed by atoms with Crippen LogP contribution in [-0.2, 0) is 11.3 Å². The summed E-state index contributed by atoms with van der Waals surface area (Å²) in [4.78, 5) is 29.4. The van der Waals surface area contributed by atoms with E-state index in [1.165, 1.54) is 18.4 Å². The third-order valence-electron chi connectivity index (χ3n) is 4.63. The van der Waals surface area contributed by atoms with Crippen molar-refractivity contribution < 1.29 is 19.1 Å². The van der Waals surface area contributed by atoms with Gasteiger partial charge in [0, 0.05) is 5.56 Å². The highest BCUT2D eigenvalue weighted by Crippen LogP contribution is 2.22. The second kappa shape index (κ2) is 9.33. The van der Waals surface area contributed by atoms with Crippen LogP contribution < -0.4 is 9.54 Å². The molecule has 0 aliphatic carbocycles. The van der Waals surface area contributed by atoms with Crippen LogP contribution in [-0.4, -0.2) is 23.6 Å². The number of esters is 1. The summed E-state index contributed by atoms with van der Waals surface area (Å²) in [5.41, 5.74) is 1.63. The maximum absolute atomic E-state index is 12.8. The molecule has 0 saturated carbocycles. The summed E-state index contributed by atoms with van der Waals surface area (Å²) in [5, 5.41) is 0. The van der Waals surface area contributed by atoms with Crippen LogP contribution in [0.4, 0.5) is 0 Å². The fraction of sp³-hybridized carbons (Fsp3) is 0.0800. The van der Waals surface area contributed by atoms with Gasteiger partial charge in [0.2, 0.25) is 0 Å². The van der Waals surface area contributed by atoms with E-state index < -0.39 is 11.9 Å². The molecule has 0 bridgehead atoms. The zero-order valence-electron chi connectivity index (χ0n) is 17.1. The lowest BCUT2D eigenvalue weighted by atomic mass is 10.2. The van der Waals surface area contributed by atoms with Crippen molar-refractivity contribution in [3.8, 4) is 23.8 Å². The second-order valence-corrected chi connectivity index (χ2v) is 7.71. The Labute approximate surface area is 188 Å². The highest BCUT2D eigenvalue weighted by molar-refractivity contribution is 7.16. The number of hydrogen-bond acceptors (Lipinski definition) is 5. The number of methoxy groups -OCH3 is 1. The average Bonchev–Trinajstić information content (AvgIpc) is 3.16. The van der Waals surface area contributed by atoms with Gasteiger partial charge in [0.15, 0.2) is 4.80 Å². The van der Waals surface area contributed by atoms with Gasteiger partial charge in [-0.15, -0.1) is 6.42 Å². The SMILES string of the molecule is C#CCn1c(=NC(=O)c2ccc(Oc3ccccc3)cc2)sc2cc(C(=O)OC)ccc21. The van der Waals surface area contributed by atoms with Crippen LogP contribution in [0.25, 0.3) is 10.2 Å². The molecule has 0 atom stereocenters. The van der Waals surface area contributed by atoms with Gasteiger partial charge in [-0.25, -0.2) is 4.79 Å². The van der Waals surface area contributed by atoms with Crippen molar-refractivity contribution in [2.45, 2.75) is 6.54 Å². The van der Waals surface area contributed by atoms with Crippen molar-refractivity contribution in [2.75, 3.05) is 7.11 Å². The highest BCUT2D eigenvalue weighted by atomic mass is 32.1. The largest absolute Gasteiger partial charge is 0.465 e. The number of thiazole rings is 1. The first-order valence-corrected chi connectivity index (χ1v) is 10.5. The Balaban J connectivity index is 1.65. The lowest BCUT2D eigenvalue weighted by Gasteiger charge is -2.05. The molecule has 1 aromatic heterocycles. The van der Waals surface area contributed by atoms with Crippen molar-refractivity contribution >= 4 is 33.4 Å². The number of ether oxygens (including phenoxy) is 2. The summed E-state index contributed by atoms with van der Waals surface area (Å²) in [7, 11) is 1.33. The fourth-order valence-electron chi connectivity index (χ4n) is 3.09. The van der Waals surface area contributed by atoms with Crippen LogP contribution in [0, 0.1) is 12.3 Å². The number of terminal acetylenes is 1. The van der Waals surface area contributed by atoms with Crippen LogP contribution >= 0.6 is 11.3 Å². The van der Waals surface area contributed by atoms with Gasteiger partial charge < -0.3 is 14.0 Å². The van der Waals surface area contributed by atoms with Gasteiger partial charge in [-0.1, -0.05) is 35.5 Å². The number of carbonyl (C=O) groups is 2. The minimum absolute atomic E-state index is 0.244. The molecule has 7 heteroatoms. The summed E-state index contributed by atoms with van der Waals surface area (Å²) in [6, 6.07) is 21.3. The van der Waals surface area contributed by atoms with Crippen molar-refractivity contribution in [3.63, 3.8) is 0 Å². The third-order valence-corrected chi connectivity index (χ3v) is 5.67. The van der Waals surface area contributed by atoms with Crippen molar-refractivity contribution in [1.29, 1.82) is 0 Å². The van der Waals surface area contributed by atoms with Crippen molar-refractivity contribution in [3.05, 3.63) is 88.7 Å². The van der Waals surface area contributed by atoms with Gasteiger partial charge >= 0.3 is 5.97 Å². The summed E-state index contributed by atoms with van der Waals surface area (Å²) < 4.78 is 13.1. The van der Waals surface area contributed by atoms with Crippen molar-refractivity contribution in [2.24, 2.45) is 4.99 Å². The number of nitrogens with zero attached hydrogens (tertiary/aromatic N) is 2. The van der Waals surface area contributed by atoms with E-state index in [1.807, 2.05) is 30.3 Å². The van der Waals surface area contributed by atoms with Crippen LogP contribution in [0.2, 0.25) is 0 Å². The van der Waals surface area contributed by atoms with E-state index in [-0.39, 0.29) is 6.54 Å². The summed E-state index contributed by atoms with van der Waals surface area (Å²) in [5.74, 6) is 3.08. The number of amides is 1. The molecule has 0 fully saturated rings. The Hall–Kier alpha value is -4.15. The predicted molar refractivity (Wildman–Crippen MR) is 123 cm³/mol. The molecule has 0 unspecified atom stereocenters. The van der Waals surface area contributed by atoms with Gasteiger partial charge in [0.25, 0.3) is 5.91 Å². The van der Waals surface area contributed by atoms with Gasteiger partial charge in [0.1, 0.15) is 11.5 Å². The summed E-state index contributed by atoms with van der Waals surface area (Å²) in [6.45, 7) is 0.244. The molecule has 3 aromatic carbocycles. The van der Waals surface area contributed by atoms with Gasteiger partial charge in [-0.2, -0.15) is 4.99 Å². The van der Waals surface area contributed by atoms with E-state index in [2.05, 4.69) is 10.9 Å².